The number of ether oxygens (including phenoxy) is 18. The minimum absolute atomic E-state index is 0.00290. The lowest BCUT2D eigenvalue weighted by atomic mass is 9.91. The summed E-state index contributed by atoms with van der Waals surface area (Å²) < 4.78 is 101. The Bertz CT molecular complexity index is 5880. The van der Waals surface area contributed by atoms with Crippen molar-refractivity contribution in [3.8, 4) is 103 Å². The van der Waals surface area contributed by atoms with Crippen LogP contribution in [0.25, 0.3) is 0 Å². The minimum atomic E-state index is -0.335. The Hall–Kier alpha value is -14.8. The van der Waals surface area contributed by atoms with Crippen LogP contribution < -0.4 is 85.3 Å². The molecule has 27 heteroatoms. The SMILES string of the molecule is COc1ccc(OCC2c3cc(OC)c(OC)cc3CCN2C(=O)c2ccc(C)cc2)cc1.COc1ccc(OCC2c3cc(OC)c(OC)cc3CCN2C(=O)c2ccc3c(c2)OCO3)cc1.COc1ccc(OCC2c3cc(OC)c(OC)cc3CCN2C(=O)c2ccccc2C)cc1.COc1ccc(OCC2c3cc(OC)c(OC)cc3CCN2C(=O)c2ccccc2Cl)cc1. The number of nitrogens with zero attached hydrogens (tertiary/aromatic N) is 4. The molecule has 5 heterocycles. The fourth-order valence-corrected chi connectivity index (χ4v) is 17.2. The lowest BCUT2D eigenvalue weighted by molar-refractivity contribution is 0.0583. The predicted octanol–water partition coefficient (Wildman–Crippen LogP) is 19.1. The fourth-order valence-electron chi connectivity index (χ4n) is 17.0. The summed E-state index contributed by atoms with van der Waals surface area (Å²) in [6.07, 6.45) is 2.83. The molecule has 17 rings (SSSR count). The molecule has 26 nitrogen and oxygen atoms in total. The van der Waals surface area contributed by atoms with E-state index in [1.54, 1.807) is 116 Å². The number of methoxy groups -OCH3 is 12. The first kappa shape index (κ1) is 95.3. The van der Waals surface area contributed by atoms with Crippen LogP contribution in [0.2, 0.25) is 5.02 Å². The molecule has 0 N–H and O–H groups in total. The molecule has 5 aliphatic rings. The van der Waals surface area contributed by atoms with Crippen LogP contribution in [0.3, 0.4) is 0 Å². The second-order valence-corrected chi connectivity index (χ2v) is 32.3. The summed E-state index contributed by atoms with van der Waals surface area (Å²) >= 11 is 6.35. The van der Waals surface area contributed by atoms with Crippen LogP contribution in [0.1, 0.15) is 121 Å². The molecule has 12 aromatic rings. The highest BCUT2D eigenvalue weighted by Crippen LogP contribution is 2.46. The second-order valence-electron chi connectivity index (χ2n) is 31.9. The molecule has 4 amide bonds. The largest absolute Gasteiger partial charge is 0.497 e. The number of rotatable bonds is 28. The van der Waals surface area contributed by atoms with Crippen molar-refractivity contribution in [3.63, 3.8) is 0 Å². The fraction of sp³-hybridized carbons (Fsp3) is 0.290. The molecule has 4 unspecified atom stereocenters. The first-order valence-electron chi connectivity index (χ1n) is 43.8. The number of aryl methyl sites for hydroxylation is 2. The summed E-state index contributed by atoms with van der Waals surface area (Å²) in [5.74, 6) is 12.0. The third kappa shape index (κ3) is 22.0. The van der Waals surface area contributed by atoms with Gasteiger partial charge in [0.1, 0.15) is 72.4 Å². The average Bonchev–Trinajstić information content (AvgIpc) is 1.17. The molecule has 0 spiro atoms. The van der Waals surface area contributed by atoms with E-state index in [2.05, 4.69) is 0 Å². The van der Waals surface area contributed by atoms with Gasteiger partial charge in [-0.05, 0) is 284 Å². The molecule has 134 heavy (non-hydrogen) atoms. The molecule has 0 saturated heterocycles. The van der Waals surface area contributed by atoms with Gasteiger partial charge in [-0.1, -0.05) is 59.6 Å². The molecule has 0 fully saturated rings. The van der Waals surface area contributed by atoms with Gasteiger partial charge in [0.2, 0.25) is 6.79 Å². The zero-order chi connectivity index (χ0) is 94.5. The standard InChI is InChI=1S/C27H27NO7.2C27H29NO5.C26H26ClNO5/c1-30-19-5-7-20(8-6-19)33-15-22-21-14-25(32-3)24(31-2)12-17(21)10-11-28(22)27(29)18-4-9-23-26(13-18)35-16-34-23;1-18-5-7-19(8-6-18)27(29)28-14-13-20-15-25(31-3)26(32-4)16-23(20)24(28)17-33-22-11-9-21(30-2)10-12-22;1-18-7-5-6-8-22(18)27(29)28-14-13-19-15-25(31-3)26(32-4)16-23(19)24(28)17-33-21-11-9-20(30-2)10-12-21;1-30-18-8-10-19(11-9-18)33-16-23-21-15-25(32-3)24(31-2)14-17(21)12-13-28(23)26(29)20-6-4-5-7-22(20)27/h4-9,12-14,22H,10-11,15-16H2,1-3H3;2*5-12,15-16,24H,13-14,17H2,1-4H3;4-11,14-15,23H,12-13,16H2,1-3H3. The van der Waals surface area contributed by atoms with Crippen molar-refractivity contribution in [2.24, 2.45) is 0 Å². The van der Waals surface area contributed by atoms with Gasteiger partial charge < -0.3 is 105 Å². The normalized spacial score (nSPS) is 15.2. The Morgan fingerprint density at radius 2 is 0.567 bits per heavy atom. The van der Waals surface area contributed by atoms with Crippen LogP contribution in [-0.4, -0.2) is 188 Å². The van der Waals surface area contributed by atoms with E-state index < -0.39 is 0 Å². The highest BCUT2D eigenvalue weighted by atomic mass is 35.5. The molecular formula is C107H111ClN4O22. The van der Waals surface area contributed by atoms with Gasteiger partial charge in [-0.15, -0.1) is 0 Å². The molecule has 12 aromatic carbocycles. The summed E-state index contributed by atoms with van der Waals surface area (Å²) in [7, 11) is 19.4. The Kier molecular flexibility index (Phi) is 31.9. The number of hydrogen-bond acceptors (Lipinski definition) is 22. The maximum atomic E-state index is 13.7. The van der Waals surface area contributed by atoms with Crippen molar-refractivity contribution >= 4 is 35.2 Å². The van der Waals surface area contributed by atoms with Gasteiger partial charge in [-0.3, -0.25) is 19.2 Å². The van der Waals surface area contributed by atoms with E-state index in [-0.39, 0.29) is 67.8 Å². The highest BCUT2D eigenvalue weighted by Gasteiger charge is 2.40. The maximum absolute atomic E-state index is 13.7. The number of hydrogen-bond donors (Lipinski definition) is 0. The van der Waals surface area contributed by atoms with E-state index in [0.717, 1.165) is 91.5 Å². The maximum Gasteiger partial charge on any atom is 0.256 e. The zero-order valence-electron chi connectivity index (χ0n) is 77.7. The predicted molar refractivity (Wildman–Crippen MR) is 508 cm³/mol. The molecule has 5 aliphatic heterocycles. The van der Waals surface area contributed by atoms with Crippen molar-refractivity contribution in [1.82, 2.24) is 19.6 Å². The second kappa shape index (κ2) is 44.9. The summed E-state index contributed by atoms with van der Waals surface area (Å²) in [4.78, 5) is 61.8. The number of halogens is 1. The summed E-state index contributed by atoms with van der Waals surface area (Å²) in [6.45, 7) is 7.53. The molecule has 0 aliphatic carbocycles. The number of carbonyl (C=O) groups is 4. The quantitative estimate of drug-likeness (QED) is 0.0442. The topological polar surface area (TPSA) is 247 Å². The Labute approximate surface area is 786 Å². The van der Waals surface area contributed by atoms with E-state index in [4.69, 9.17) is 96.9 Å². The smallest absolute Gasteiger partial charge is 0.256 e. The van der Waals surface area contributed by atoms with E-state index in [0.29, 0.717) is 160 Å². The van der Waals surface area contributed by atoms with Gasteiger partial charge in [0.25, 0.3) is 23.6 Å². The van der Waals surface area contributed by atoms with Gasteiger partial charge >= 0.3 is 0 Å². The molecule has 0 radical (unpaired) electrons. The molecule has 698 valence electrons. The number of fused-ring (bicyclic) bond motifs is 5. The van der Waals surface area contributed by atoms with Crippen molar-refractivity contribution in [3.05, 3.63) is 319 Å². The first-order valence-corrected chi connectivity index (χ1v) is 44.2. The van der Waals surface area contributed by atoms with Gasteiger partial charge in [-0.2, -0.15) is 0 Å². The number of benzene rings is 12. The van der Waals surface area contributed by atoms with Crippen molar-refractivity contribution in [1.29, 1.82) is 0 Å². The Balaban J connectivity index is 0.000000143. The average molecular weight is 1840 g/mol. The van der Waals surface area contributed by atoms with Crippen molar-refractivity contribution in [2.75, 3.05) is 145 Å². The lowest BCUT2D eigenvalue weighted by Gasteiger charge is -2.38. The van der Waals surface area contributed by atoms with Crippen LogP contribution in [0.5, 0.6) is 103 Å². The molecule has 4 atom stereocenters. The molecule has 0 saturated carbocycles. The summed E-state index contributed by atoms with van der Waals surface area (Å²) in [6, 6.07) is 71.9. The van der Waals surface area contributed by atoms with Crippen LogP contribution in [-0.2, 0) is 25.7 Å². The zero-order valence-corrected chi connectivity index (χ0v) is 78.4. The Morgan fingerprint density at radius 3 is 0.888 bits per heavy atom. The van der Waals surface area contributed by atoms with Crippen LogP contribution in [0, 0.1) is 13.8 Å². The van der Waals surface area contributed by atoms with Crippen molar-refractivity contribution in [2.45, 2.75) is 63.7 Å². The van der Waals surface area contributed by atoms with E-state index in [1.165, 1.54) is 0 Å². The van der Waals surface area contributed by atoms with Gasteiger partial charge in [-0.25, -0.2) is 0 Å². The van der Waals surface area contributed by atoms with Gasteiger partial charge in [0.05, 0.1) is 120 Å². The first-order chi connectivity index (χ1) is 65.2. The van der Waals surface area contributed by atoms with Gasteiger partial charge in [0.15, 0.2) is 57.5 Å². The van der Waals surface area contributed by atoms with Crippen LogP contribution in [0.4, 0.5) is 0 Å². The Morgan fingerprint density at radius 1 is 0.291 bits per heavy atom. The summed E-state index contributed by atoms with van der Waals surface area (Å²) in [5.41, 5.74) is 12.8. The minimum Gasteiger partial charge on any atom is -0.497 e. The van der Waals surface area contributed by atoms with Crippen LogP contribution >= 0.6 is 11.6 Å². The van der Waals surface area contributed by atoms with E-state index >= 15 is 0 Å². The molecular weight excluding hydrogens is 1730 g/mol. The van der Waals surface area contributed by atoms with Crippen molar-refractivity contribution < 1.29 is 104 Å². The third-order valence-electron chi connectivity index (χ3n) is 24.3. The third-order valence-corrected chi connectivity index (χ3v) is 24.7. The molecule has 0 aromatic heterocycles. The molecule has 0 bridgehead atoms. The summed E-state index contributed by atoms with van der Waals surface area (Å²) in [5, 5.41) is 0.426. The number of amides is 4. The van der Waals surface area contributed by atoms with E-state index in [1.807, 2.05) is 240 Å². The monoisotopic (exact) mass is 1840 g/mol. The number of carbonyl (C=O) groups excluding carboxylic acids is 4. The lowest BCUT2D eigenvalue weighted by Crippen LogP contribution is -2.42. The van der Waals surface area contributed by atoms with E-state index in [9.17, 15) is 19.2 Å². The van der Waals surface area contributed by atoms with Crippen LogP contribution in [0.15, 0.2) is 237 Å². The van der Waals surface area contributed by atoms with Gasteiger partial charge in [0, 0.05) is 42.9 Å². The highest BCUT2D eigenvalue weighted by molar-refractivity contribution is 6.33.